The molecule has 1 aromatic rings. The van der Waals surface area contributed by atoms with Crippen molar-refractivity contribution in [1.29, 1.82) is 0 Å². The number of carbonyl (C=O) groups is 1. The summed E-state index contributed by atoms with van der Waals surface area (Å²) in [7, 11) is 0. The van der Waals surface area contributed by atoms with Gasteiger partial charge in [0.2, 0.25) is 0 Å². The molecule has 0 spiro atoms. The van der Waals surface area contributed by atoms with Crippen LogP contribution < -0.4 is 10.6 Å². The summed E-state index contributed by atoms with van der Waals surface area (Å²) in [5.74, 6) is 0.846. The molecule has 1 rings (SSSR count). The third kappa shape index (κ3) is 6.01. The van der Waals surface area contributed by atoms with Crippen LogP contribution in [-0.2, 0) is 11.3 Å². The molecule has 126 valence electrons. The maximum Gasteiger partial charge on any atom is 0.408 e. The van der Waals surface area contributed by atoms with Crippen molar-refractivity contribution in [2.45, 2.75) is 65.1 Å². The number of halogens is 1. The molecular formula is C16H27BrN2O3. The molecule has 0 aliphatic rings. The molecule has 6 heteroatoms. The maximum atomic E-state index is 12.1. The van der Waals surface area contributed by atoms with Gasteiger partial charge in [-0.1, -0.05) is 13.8 Å². The summed E-state index contributed by atoms with van der Waals surface area (Å²) in [6, 6.07) is 1.86. The van der Waals surface area contributed by atoms with Crippen LogP contribution in [0.4, 0.5) is 4.79 Å². The van der Waals surface area contributed by atoms with E-state index in [4.69, 9.17) is 9.15 Å². The Hall–Kier alpha value is -1.01. The largest absolute Gasteiger partial charge is 0.467 e. The van der Waals surface area contributed by atoms with Gasteiger partial charge in [-0.3, -0.25) is 0 Å². The summed E-state index contributed by atoms with van der Waals surface area (Å²) in [4.78, 5) is 12.1. The monoisotopic (exact) mass is 374 g/mol. The molecule has 0 atom stereocenters. The highest BCUT2D eigenvalue weighted by molar-refractivity contribution is 9.10. The van der Waals surface area contributed by atoms with E-state index in [-0.39, 0.29) is 11.6 Å². The van der Waals surface area contributed by atoms with Gasteiger partial charge in [-0.25, -0.2) is 4.79 Å². The Morgan fingerprint density at radius 2 is 1.95 bits per heavy atom. The molecule has 0 bridgehead atoms. The summed E-state index contributed by atoms with van der Waals surface area (Å²) < 4.78 is 11.7. The Labute approximate surface area is 141 Å². The Morgan fingerprint density at radius 1 is 1.32 bits per heavy atom. The van der Waals surface area contributed by atoms with E-state index in [2.05, 4.69) is 40.4 Å². The van der Waals surface area contributed by atoms with Crippen LogP contribution in [0.5, 0.6) is 0 Å². The van der Waals surface area contributed by atoms with E-state index in [9.17, 15) is 4.79 Å². The van der Waals surface area contributed by atoms with Crippen molar-refractivity contribution in [2.75, 3.05) is 6.54 Å². The van der Waals surface area contributed by atoms with Gasteiger partial charge in [0.1, 0.15) is 11.4 Å². The second-order valence-electron chi connectivity index (χ2n) is 6.41. The lowest BCUT2D eigenvalue weighted by atomic mass is 9.93. The lowest BCUT2D eigenvalue weighted by Gasteiger charge is -2.34. The van der Waals surface area contributed by atoms with Gasteiger partial charge >= 0.3 is 6.09 Å². The first-order valence-corrected chi connectivity index (χ1v) is 8.44. The topological polar surface area (TPSA) is 63.5 Å². The number of rotatable bonds is 7. The Bertz CT molecular complexity index is 476. The van der Waals surface area contributed by atoms with Crippen molar-refractivity contribution in [1.82, 2.24) is 10.6 Å². The maximum absolute atomic E-state index is 12.1. The van der Waals surface area contributed by atoms with Gasteiger partial charge in [-0.2, -0.15) is 0 Å². The number of alkyl carbamates (subject to hydrolysis) is 1. The number of nitrogens with one attached hydrogen (secondary N) is 2. The van der Waals surface area contributed by atoms with Crippen LogP contribution in [0.25, 0.3) is 0 Å². The first-order chi connectivity index (χ1) is 10.2. The molecule has 0 radical (unpaired) electrons. The average molecular weight is 375 g/mol. The molecule has 1 aromatic heterocycles. The molecule has 5 nitrogen and oxygen atoms in total. The minimum atomic E-state index is -0.496. The molecule has 0 aliphatic heterocycles. The summed E-state index contributed by atoms with van der Waals surface area (Å²) in [6.45, 7) is 10.9. The van der Waals surface area contributed by atoms with Gasteiger partial charge in [-0.15, -0.1) is 0 Å². The van der Waals surface area contributed by atoms with Crippen LogP contribution in [0.3, 0.4) is 0 Å². The van der Waals surface area contributed by atoms with Crippen molar-refractivity contribution < 1.29 is 13.9 Å². The standard InChI is InChI=1S/C16H27BrN2O3/c1-6-16(7-2,19-14(20)22-15(3,4)5)11-18-10-13-12(17)8-9-21-13/h8-9,18H,6-7,10-11H2,1-5H3,(H,19,20). The van der Waals surface area contributed by atoms with Crippen LogP contribution in [0.15, 0.2) is 21.2 Å². The molecule has 0 unspecified atom stereocenters. The normalized spacial score (nSPS) is 12.3. The molecule has 1 heterocycles. The summed E-state index contributed by atoms with van der Waals surface area (Å²) >= 11 is 3.43. The fourth-order valence-corrected chi connectivity index (χ4v) is 2.45. The van der Waals surface area contributed by atoms with Gasteiger partial charge < -0.3 is 19.8 Å². The van der Waals surface area contributed by atoms with E-state index in [0.29, 0.717) is 13.1 Å². The van der Waals surface area contributed by atoms with Gasteiger partial charge in [-0.05, 0) is 55.6 Å². The van der Waals surface area contributed by atoms with Crippen molar-refractivity contribution in [3.63, 3.8) is 0 Å². The molecule has 0 saturated carbocycles. The van der Waals surface area contributed by atoms with Crippen molar-refractivity contribution >= 4 is 22.0 Å². The van der Waals surface area contributed by atoms with Crippen molar-refractivity contribution in [3.05, 3.63) is 22.6 Å². The first kappa shape index (κ1) is 19.0. The Kier molecular flexibility index (Phi) is 6.94. The summed E-state index contributed by atoms with van der Waals surface area (Å²) in [6.07, 6.45) is 2.90. The minimum Gasteiger partial charge on any atom is -0.467 e. The van der Waals surface area contributed by atoms with Gasteiger partial charge in [0.15, 0.2) is 0 Å². The van der Waals surface area contributed by atoms with E-state index < -0.39 is 5.60 Å². The van der Waals surface area contributed by atoms with E-state index in [1.54, 1.807) is 6.26 Å². The van der Waals surface area contributed by atoms with E-state index >= 15 is 0 Å². The highest BCUT2D eigenvalue weighted by Crippen LogP contribution is 2.19. The van der Waals surface area contributed by atoms with Crippen molar-refractivity contribution in [3.8, 4) is 0 Å². The second-order valence-corrected chi connectivity index (χ2v) is 7.26. The second kappa shape index (κ2) is 8.02. The van der Waals surface area contributed by atoms with Crippen LogP contribution in [-0.4, -0.2) is 23.8 Å². The summed E-state index contributed by atoms with van der Waals surface area (Å²) in [5.41, 5.74) is -0.828. The molecule has 2 N–H and O–H groups in total. The lowest BCUT2D eigenvalue weighted by molar-refractivity contribution is 0.0445. The molecular weight excluding hydrogens is 348 g/mol. The zero-order valence-electron chi connectivity index (χ0n) is 14.1. The average Bonchev–Trinajstić information content (AvgIpc) is 2.81. The van der Waals surface area contributed by atoms with E-state index in [0.717, 1.165) is 23.1 Å². The number of hydrogen-bond donors (Lipinski definition) is 2. The SMILES string of the molecule is CCC(CC)(CNCc1occc1Br)NC(=O)OC(C)(C)C. The van der Waals surface area contributed by atoms with Crippen LogP contribution >= 0.6 is 15.9 Å². The predicted octanol–water partition coefficient (Wildman–Crippen LogP) is 4.22. The zero-order chi connectivity index (χ0) is 16.8. The quantitative estimate of drug-likeness (QED) is 0.749. The third-order valence-corrected chi connectivity index (χ3v) is 4.27. The fourth-order valence-electron chi connectivity index (χ4n) is 2.11. The molecule has 22 heavy (non-hydrogen) atoms. The predicted molar refractivity (Wildman–Crippen MR) is 90.8 cm³/mol. The van der Waals surface area contributed by atoms with Crippen LogP contribution in [0.1, 0.15) is 53.2 Å². The number of carbonyl (C=O) groups excluding carboxylic acids is 1. The molecule has 0 saturated heterocycles. The van der Waals surface area contributed by atoms with E-state index in [1.807, 2.05) is 26.8 Å². The Balaban J connectivity index is 2.58. The van der Waals surface area contributed by atoms with Gasteiger partial charge in [0, 0.05) is 6.54 Å². The summed E-state index contributed by atoms with van der Waals surface area (Å²) in [5, 5.41) is 6.36. The molecule has 1 amide bonds. The lowest BCUT2D eigenvalue weighted by Crippen LogP contribution is -2.55. The molecule has 0 fully saturated rings. The van der Waals surface area contributed by atoms with Crippen LogP contribution in [0.2, 0.25) is 0 Å². The first-order valence-electron chi connectivity index (χ1n) is 7.65. The number of amides is 1. The van der Waals surface area contributed by atoms with Gasteiger partial charge in [0.05, 0.1) is 22.8 Å². The highest BCUT2D eigenvalue weighted by Gasteiger charge is 2.30. The third-order valence-electron chi connectivity index (χ3n) is 3.56. The Morgan fingerprint density at radius 3 is 2.41 bits per heavy atom. The number of ether oxygens (including phenoxy) is 1. The van der Waals surface area contributed by atoms with Gasteiger partial charge in [0.25, 0.3) is 0 Å². The fraction of sp³-hybridized carbons (Fsp3) is 0.688. The number of furan rings is 1. The van der Waals surface area contributed by atoms with Crippen molar-refractivity contribution in [2.24, 2.45) is 0 Å². The highest BCUT2D eigenvalue weighted by atomic mass is 79.9. The smallest absolute Gasteiger partial charge is 0.408 e. The number of hydrogen-bond acceptors (Lipinski definition) is 4. The molecule has 0 aliphatic carbocycles. The van der Waals surface area contributed by atoms with Crippen LogP contribution in [0, 0.1) is 0 Å². The van der Waals surface area contributed by atoms with E-state index in [1.165, 1.54) is 0 Å². The zero-order valence-corrected chi connectivity index (χ0v) is 15.7. The molecule has 0 aromatic carbocycles. The minimum absolute atomic E-state index is 0.332.